The lowest BCUT2D eigenvalue weighted by Gasteiger charge is -2.01. The quantitative estimate of drug-likeness (QED) is 0.625. The largest absolute Gasteiger partial charge is 0.383 e. The van der Waals surface area contributed by atoms with Gasteiger partial charge >= 0.3 is 0 Å². The number of hydrogen-bond donors (Lipinski definition) is 0. The fourth-order valence-electron chi connectivity index (χ4n) is 1.31. The van der Waals surface area contributed by atoms with Gasteiger partial charge in [0.15, 0.2) is 5.78 Å². The highest BCUT2D eigenvalue weighted by Crippen LogP contribution is 2.24. The molecule has 2 aromatic rings. The summed E-state index contributed by atoms with van der Waals surface area (Å²) in [5.74, 6) is -0.0312. The van der Waals surface area contributed by atoms with Crippen LogP contribution in [0.4, 0.5) is 0 Å². The van der Waals surface area contributed by atoms with Crippen LogP contribution in [0.2, 0.25) is 0 Å². The molecule has 2 aromatic heterocycles. The molecule has 0 atom stereocenters. The molecular formula is C13H13N3OS. The van der Waals surface area contributed by atoms with Crippen LogP contribution in [0.3, 0.4) is 0 Å². The van der Waals surface area contributed by atoms with Gasteiger partial charge in [-0.05, 0) is 12.1 Å². The molecule has 5 heteroatoms. The Morgan fingerprint density at radius 1 is 1.39 bits per heavy atom. The van der Waals surface area contributed by atoms with Gasteiger partial charge in [-0.3, -0.25) is 9.78 Å². The van der Waals surface area contributed by atoms with Gasteiger partial charge in [0, 0.05) is 50.5 Å². The van der Waals surface area contributed by atoms with Gasteiger partial charge in [-0.15, -0.1) is 11.3 Å². The molecule has 2 heterocycles. The molecule has 0 aliphatic carbocycles. The van der Waals surface area contributed by atoms with Crippen LogP contribution >= 0.6 is 11.3 Å². The second kappa shape index (κ2) is 5.55. The molecule has 0 saturated heterocycles. The lowest BCUT2D eigenvalue weighted by atomic mass is 10.3. The van der Waals surface area contributed by atoms with Crippen molar-refractivity contribution < 1.29 is 4.79 Å². The molecule has 0 fully saturated rings. The number of allylic oxidation sites excluding steroid dienone is 1. The summed E-state index contributed by atoms with van der Waals surface area (Å²) < 4.78 is 0. The van der Waals surface area contributed by atoms with Crippen molar-refractivity contribution in [1.82, 2.24) is 14.9 Å². The maximum absolute atomic E-state index is 11.8. The van der Waals surface area contributed by atoms with Gasteiger partial charge in [0.25, 0.3) is 0 Å². The van der Waals surface area contributed by atoms with Crippen molar-refractivity contribution in [1.29, 1.82) is 0 Å². The summed E-state index contributed by atoms with van der Waals surface area (Å²) in [7, 11) is 3.75. The zero-order chi connectivity index (χ0) is 13.0. The Kier molecular flexibility index (Phi) is 3.84. The van der Waals surface area contributed by atoms with Gasteiger partial charge in [0.05, 0.1) is 4.88 Å². The van der Waals surface area contributed by atoms with E-state index in [4.69, 9.17) is 0 Å². The molecule has 0 aromatic carbocycles. The average molecular weight is 259 g/mol. The van der Waals surface area contributed by atoms with Crippen molar-refractivity contribution in [3.05, 3.63) is 47.9 Å². The molecule has 2 rings (SSSR count). The predicted molar refractivity (Wildman–Crippen MR) is 72.5 cm³/mol. The number of pyridine rings is 1. The molecule has 0 aliphatic heterocycles. The summed E-state index contributed by atoms with van der Waals surface area (Å²) in [4.78, 5) is 22.6. The van der Waals surface area contributed by atoms with Crippen molar-refractivity contribution in [2.24, 2.45) is 0 Å². The van der Waals surface area contributed by atoms with E-state index in [0.717, 1.165) is 10.6 Å². The summed E-state index contributed by atoms with van der Waals surface area (Å²) >= 11 is 1.38. The predicted octanol–water partition coefficient (Wildman–Crippen LogP) is 2.46. The third-order valence-corrected chi connectivity index (χ3v) is 3.24. The van der Waals surface area contributed by atoms with Crippen LogP contribution in [-0.2, 0) is 0 Å². The molecule has 0 amide bonds. The third kappa shape index (κ3) is 3.01. The van der Waals surface area contributed by atoms with E-state index in [2.05, 4.69) is 9.97 Å². The van der Waals surface area contributed by atoms with Crippen LogP contribution in [0, 0.1) is 0 Å². The van der Waals surface area contributed by atoms with Crippen molar-refractivity contribution in [2.45, 2.75) is 0 Å². The molecule has 0 radical (unpaired) electrons. The van der Waals surface area contributed by atoms with Gasteiger partial charge in [-0.1, -0.05) is 0 Å². The maximum atomic E-state index is 11.8. The number of carbonyl (C=O) groups excluding carboxylic acids is 1. The fourth-order valence-corrected chi connectivity index (χ4v) is 2.14. The van der Waals surface area contributed by atoms with Gasteiger partial charge in [-0.2, -0.15) is 0 Å². The van der Waals surface area contributed by atoms with Crippen LogP contribution in [0.1, 0.15) is 9.67 Å². The average Bonchev–Trinajstić information content (AvgIpc) is 2.86. The second-order valence-corrected chi connectivity index (χ2v) is 4.95. The van der Waals surface area contributed by atoms with E-state index in [-0.39, 0.29) is 5.78 Å². The maximum Gasteiger partial charge on any atom is 0.198 e. The summed E-state index contributed by atoms with van der Waals surface area (Å²) in [6.07, 6.45) is 8.33. The molecule has 0 spiro atoms. The SMILES string of the molecule is CN(C)/C=C/C(=O)c1cnc(-c2cccnc2)s1. The molecule has 4 nitrogen and oxygen atoms in total. The van der Waals surface area contributed by atoms with Crippen LogP contribution in [0.5, 0.6) is 0 Å². The summed E-state index contributed by atoms with van der Waals surface area (Å²) in [5.41, 5.74) is 0.929. The van der Waals surface area contributed by atoms with Crippen molar-refractivity contribution in [2.75, 3.05) is 14.1 Å². The van der Waals surface area contributed by atoms with Gasteiger partial charge in [-0.25, -0.2) is 4.98 Å². The standard InChI is InChI=1S/C13H13N3OS/c1-16(2)7-5-11(17)12-9-15-13(18-12)10-4-3-6-14-8-10/h3-9H,1-2H3/b7-5+. The van der Waals surface area contributed by atoms with Crippen molar-refractivity contribution >= 4 is 17.1 Å². The summed E-state index contributed by atoms with van der Waals surface area (Å²) in [6, 6.07) is 3.78. The number of nitrogens with zero attached hydrogens (tertiary/aromatic N) is 3. The lowest BCUT2D eigenvalue weighted by molar-refractivity contribution is 0.104. The molecule has 0 N–H and O–H groups in total. The summed E-state index contributed by atoms with van der Waals surface area (Å²) in [6.45, 7) is 0. The normalized spacial score (nSPS) is 10.8. The highest BCUT2D eigenvalue weighted by atomic mass is 32.1. The zero-order valence-corrected chi connectivity index (χ0v) is 11.0. The molecule has 92 valence electrons. The first kappa shape index (κ1) is 12.4. The van der Waals surface area contributed by atoms with E-state index in [1.165, 1.54) is 11.3 Å². The molecule has 0 saturated carbocycles. The first-order valence-electron chi connectivity index (χ1n) is 5.42. The Balaban J connectivity index is 2.19. The Morgan fingerprint density at radius 2 is 2.22 bits per heavy atom. The molecular weight excluding hydrogens is 246 g/mol. The molecule has 18 heavy (non-hydrogen) atoms. The van der Waals surface area contributed by atoms with E-state index < -0.39 is 0 Å². The minimum atomic E-state index is -0.0312. The lowest BCUT2D eigenvalue weighted by Crippen LogP contribution is -2.02. The first-order valence-corrected chi connectivity index (χ1v) is 6.23. The Morgan fingerprint density at radius 3 is 2.89 bits per heavy atom. The van der Waals surface area contributed by atoms with E-state index in [9.17, 15) is 4.79 Å². The van der Waals surface area contributed by atoms with Crippen LogP contribution in [-0.4, -0.2) is 34.7 Å². The fraction of sp³-hybridized carbons (Fsp3) is 0.154. The van der Waals surface area contributed by atoms with Gasteiger partial charge in [0.2, 0.25) is 0 Å². The van der Waals surface area contributed by atoms with Crippen LogP contribution in [0.15, 0.2) is 43.0 Å². The smallest absolute Gasteiger partial charge is 0.198 e. The van der Waals surface area contributed by atoms with Gasteiger partial charge in [0.1, 0.15) is 5.01 Å². The number of aromatic nitrogens is 2. The summed E-state index contributed by atoms with van der Waals surface area (Å²) in [5, 5.41) is 0.810. The number of thiazole rings is 1. The zero-order valence-electron chi connectivity index (χ0n) is 10.2. The highest BCUT2D eigenvalue weighted by molar-refractivity contribution is 7.17. The van der Waals surface area contributed by atoms with E-state index in [1.807, 2.05) is 31.1 Å². The minimum Gasteiger partial charge on any atom is -0.383 e. The number of hydrogen-bond acceptors (Lipinski definition) is 5. The van der Waals surface area contributed by atoms with Gasteiger partial charge < -0.3 is 4.90 Å². The topological polar surface area (TPSA) is 46.1 Å². The molecule has 0 unspecified atom stereocenters. The third-order valence-electron chi connectivity index (χ3n) is 2.18. The molecule has 0 bridgehead atoms. The number of ketones is 1. The Bertz CT molecular complexity index is 561. The van der Waals surface area contributed by atoms with E-state index in [1.54, 1.807) is 30.9 Å². The van der Waals surface area contributed by atoms with Crippen molar-refractivity contribution in [3.63, 3.8) is 0 Å². The number of carbonyl (C=O) groups is 1. The van der Waals surface area contributed by atoms with Crippen LogP contribution < -0.4 is 0 Å². The van der Waals surface area contributed by atoms with Crippen molar-refractivity contribution in [3.8, 4) is 10.6 Å². The highest BCUT2D eigenvalue weighted by Gasteiger charge is 2.09. The Labute approximate surface area is 110 Å². The number of rotatable bonds is 4. The second-order valence-electron chi connectivity index (χ2n) is 3.91. The minimum absolute atomic E-state index is 0.0312. The first-order chi connectivity index (χ1) is 8.66. The Hall–Kier alpha value is -2.01. The molecule has 0 aliphatic rings. The van der Waals surface area contributed by atoms with E-state index >= 15 is 0 Å². The van der Waals surface area contributed by atoms with E-state index in [0.29, 0.717) is 4.88 Å². The monoisotopic (exact) mass is 259 g/mol. The van der Waals surface area contributed by atoms with Crippen LogP contribution in [0.25, 0.3) is 10.6 Å².